The summed E-state index contributed by atoms with van der Waals surface area (Å²) >= 11 is 0.579. The summed E-state index contributed by atoms with van der Waals surface area (Å²) in [6, 6.07) is 0. The first-order valence-corrected chi connectivity index (χ1v) is 5.31. The fourth-order valence-corrected chi connectivity index (χ4v) is 1.28. The number of rotatable bonds is 7. The highest BCUT2D eigenvalue weighted by Crippen LogP contribution is 2.08. The molecule has 5 N–H and O–H groups in total. The first-order chi connectivity index (χ1) is 7.45. The zero-order valence-electron chi connectivity index (χ0n) is 8.22. The topological polar surface area (TPSA) is 142 Å². The third-order valence-electron chi connectivity index (χ3n) is 1.86. The molecule has 4 atom stereocenters. The van der Waals surface area contributed by atoms with E-state index in [2.05, 4.69) is 0 Å². The maximum absolute atomic E-state index is 11.1. The molecule has 0 heterocycles. The van der Waals surface area contributed by atoms with Gasteiger partial charge in [0.1, 0.15) is 29.8 Å². The van der Waals surface area contributed by atoms with E-state index in [1.165, 1.54) is 0 Å². The second-order valence-corrected chi connectivity index (χ2v) is 3.78. The molecule has 0 unspecified atom stereocenters. The highest BCUT2D eigenvalue weighted by Gasteiger charge is 2.33. The maximum atomic E-state index is 11.1. The van der Waals surface area contributed by atoms with E-state index in [-0.39, 0.29) is 5.75 Å². The van der Waals surface area contributed by atoms with Gasteiger partial charge in [0.2, 0.25) is 0 Å². The SMILES string of the molecule is N#CSCC(=O)[C@@H](O)[C@@H](O)[C@H](O)[C@H](O)CO. The fourth-order valence-electron chi connectivity index (χ4n) is 0.902. The molecule has 92 valence electrons. The number of Topliss-reactive ketones (excluding diaryl/α,β-unsaturated/α-hetero) is 1. The maximum Gasteiger partial charge on any atom is 0.174 e. The largest absolute Gasteiger partial charge is 0.394 e. The van der Waals surface area contributed by atoms with Crippen LogP contribution in [-0.2, 0) is 4.79 Å². The molecule has 0 aliphatic carbocycles. The quantitative estimate of drug-likeness (QED) is 0.305. The molecule has 0 aromatic rings. The Kier molecular flexibility index (Phi) is 7.24. The van der Waals surface area contributed by atoms with Crippen molar-refractivity contribution in [3.05, 3.63) is 0 Å². The van der Waals surface area contributed by atoms with Gasteiger partial charge < -0.3 is 25.5 Å². The number of ketones is 1. The molecule has 0 rings (SSSR count). The molecular weight excluding hydrogens is 238 g/mol. The molecule has 7 nitrogen and oxygen atoms in total. The molecule has 0 spiro atoms. The van der Waals surface area contributed by atoms with Crippen molar-refractivity contribution in [1.29, 1.82) is 5.26 Å². The van der Waals surface area contributed by atoms with E-state index < -0.39 is 36.8 Å². The number of thioether (sulfide) groups is 1. The number of hydrogen-bond donors (Lipinski definition) is 5. The third kappa shape index (κ3) is 4.44. The van der Waals surface area contributed by atoms with E-state index in [4.69, 9.17) is 15.5 Å². The lowest BCUT2D eigenvalue weighted by Gasteiger charge is -2.24. The highest BCUT2D eigenvalue weighted by molar-refractivity contribution is 8.04. The van der Waals surface area contributed by atoms with Gasteiger partial charge in [0.15, 0.2) is 5.78 Å². The van der Waals surface area contributed by atoms with Gasteiger partial charge in [-0.2, -0.15) is 5.26 Å². The van der Waals surface area contributed by atoms with Gasteiger partial charge in [0, 0.05) is 0 Å². The number of carbonyl (C=O) groups excluding carboxylic acids is 1. The van der Waals surface area contributed by atoms with Crippen molar-refractivity contribution in [3.63, 3.8) is 0 Å². The number of hydrogen-bond acceptors (Lipinski definition) is 8. The first-order valence-electron chi connectivity index (χ1n) is 4.32. The van der Waals surface area contributed by atoms with Crippen LogP contribution in [0.25, 0.3) is 0 Å². The smallest absolute Gasteiger partial charge is 0.174 e. The summed E-state index contributed by atoms with van der Waals surface area (Å²) in [5.41, 5.74) is 0. The fraction of sp³-hybridized carbons (Fsp3) is 0.750. The van der Waals surface area contributed by atoms with Crippen molar-refractivity contribution in [3.8, 4) is 5.40 Å². The Balaban J connectivity index is 4.31. The zero-order valence-corrected chi connectivity index (χ0v) is 9.04. The molecule has 0 aromatic carbocycles. The molecule has 0 aliphatic heterocycles. The Morgan fingerprint density at radius 3 is 2.25 bits per heavy atom. The van der Waals surface area contributed by atoms with Crippen molar-refractivity contribution in [2.24, 2.45) is 0 Å². The van der Waals surface area contributed by atoms with Crippen LogP contribution >= 0.6 is 11.8 Å². The average molecular weight is 251 g/mol. The Hall–Kier alpha value is -0.690. The minimum absolute atomic E-state index is 0.337. The van der Waals surface area contributed by atoms with Crippen LogP contribution in [0.1, 0.15) is 0 Å². The van der Waals surface area contributed by atoms with Crippen LogP contribution in [0.5, 0.6) is 0 Å². The van der Waals surface area contributed by atoms with Gasteiger partial charge in [-0.05, 0) is 11.8 Å². The molecule has 16 heavy (non-hydrogen) atoms. The molecule has 0 radical (unpaired) electrons. The Bertz CT molecular complexity index is 268. The number of nitrogens with zero attached hydrogens (tertiary/aromatic N) is 1. The van der Waals surface area contributed by atoms with Crippen LogP contribution < -0.4 is 0 Å². The summed E-state index contributed by atoms with van der Waals surface area (Å²) in [4.78, 5) is 11.1. The number of aliphatic hydroxyl groups is 5. The summed E-state index contributed by atoms with van der Waals surface area (Å²) in [5, 5.41) is 54.9. The van der Waals surface area contributed by atoms with Gasteiger partial charge in [-0.15, -0.1) is 0 Å². The van der Waals surface area contributed by atoms with Crippen LogP contribution in [0.4, 0.5) is 0 Å². The lowest BCUT2D eigenvalue weighted by molar-refractivity contribution is -0.144. The van der Waals surface area contributed by atoms with Gasteiger partial charge >= 0.3 is 0 Å². The minimum Gasteiger partial charge on any atom is -0.394 e. The Labute approximate surface area is 95.9 Å². The number of nitriles is 1. The third-order valence-corrected chi connectivity index (χ3v) is 2.42. The van der Waals surface area contributed by atoms with Gasteiger partial charge in [0.25, 0.3) is 0 Å². The van der Waals surface area contributed by atoms with Crippen molar-refractivity contribution < 1.29 is 30.3 Å². The summed E-state index contributed by atoms with van der Waals surface area (Å²) in [6.07, 6.45) is -7.30. The van der Waals surface area contributed by atoms with E-state index >= 15 is 0 Å². The van der Waals surface area contributed by atoms with E-state index in [0.29, 0.717) is 11.8 Å². The molecule has 8 heteroatoms. The predicted octanol–water partition coefficient (Wildman–Crippen LogP) is -2.79. The summed E-state index contributed by atoms with van der Waals surface area (Å²) < 4.78 is 0. The Morgan fingerprint density at radius 1 is 1.25 bits per heavy atom. The van der Waals surface area contributed by atoms with Crippen LogP contribution in [0, 0.1) is 10.7 Å². The van der Waals surface area contributed by atoms with E-state index in [1.807, 2.05) is 0 Å². The molecule has 0 aliphatic rings. The van der Waals surface area contributed by atoms with Crippen LogP contribution in [0.3, 0.4) is 0 Å². The van der Waals surface area contributed by atoms with E-state index in [9.17, 15) is 20.1 Å². The van der Waals surface area contributed by atoms with Crippen LogP contribution in [0.15, 0.2) is 0 Å². The number of thiocyanates is 1. The van der Waals surface area contributed by atoms with Crippen molar-refractivity contribution >= 4 is 17.5 Å². The summed E-state index contributed by atoms with van der Waals surface area (Å²) in [7, 11) is 0. The molecular formula is C8H13NO6S. The Morgan fingerprint density at radius 2 is 1.81 bits per heavy atom. The summed E-state index contributed by atoms with van der Waals surface area (Å²) in [5.74, 6) is -1.18. The molecule has 0 bridgehead atoms. The summed E-state index contributed by atoms with van der Waals surface area (Å²) in [6.45, 7) is -0.813. The van der Waals surface area contributed by atoms with E-state index in [1.54, 1.807) is 5.40 Å². The van der Waals surface area contributed by atoms with Gasteiger partial charge in [-0.3, -0.25) is 4.79 Å². The van der Waals surface area contributed by atoms with Gasteiger partial charge in [-0.1, -0.05) is 0 Å². The molecule has 0 fully saturated rings. The lowest BCUT2D eigenvalue weighted by atomic mass is 10.0. The van der Waals surface area contributed by atoms with Crippen LogP contribution in [-0.4, -0.2) is 68.1 Å². The van der Waals surface area contributed by atoms with Crippen molar-refractivity contribution in [2.45, 2.75) is 24.4 Å². The second-order valence-electron chi connectivity index (χ2n) is 3.02. The number of aliphatic hydroxyl groups excluding tert-OH is 5. The standard InChI is InChI=1S/C8H13NO6S/c9-3-16-2-5(12)7(14)8(15)6(13)4(11)1-10/h4,6-8,10-11,13-15H,1-2H2/t4-,6-,7-,8+/m1/s1. The van der Waals surface area contributed by atoms with Crippen molar-refractivity contribution in [2.75, 3.05) is 12.4 Å². The molecule has 0 aromatic heterocycles. The molecule has 0 saturated carbocycles. The lowest BCUT2D eigenvalue weighted by Crippen LogP contribution is -2.49. The molecule has 0 saturated heterocycles. The number of carbonyl (C=O) groups is 1. The zero-order chi connectivity index (χ0) is 12.7. The van der Waals surface area contributed by atoms with Crippen molar-refractivity contribution in [1.82, 2.24) is 0 Å². The highest BCUT2D eigenvalue weighted by atomic mass is 32.2. The monoisotopic (exact) mass is 251 g/mol. The minimum atomic E-state index is -1.91. The first kappa shape index (κ1) is 15.3. The van der Waals surface area contributed by atoms with E-state index in [0.717, 1.165) is 0 Å². The predicted molar refractivity (Wildman–Crippen MR) is 54.2 cm³/mol. The normalized spacial score (nSPS) is 18.2. The van der Waals surface area contributed by atoms with Gasteiger partial charge in [0.05, 0.1) is 12.4 Å². The van der Waals surface area contributed by atoms with Gasteiger partial charge in [-0.25, -0.2) is 0 Å². The molecule has 0 amide bonds. The average Bonchev–Trinajstić information content (AvgIpc) is 2.31. The van der Waals surface area contributed by atoms with Crippen LogP contribution in [0.2, 0.25) is 0 Å². The second kappa shape index (κ2) is 7.56.